The maximum atomic E-state index is 13.5. The maximum Gasteiger partial charge on any atom is 0.167 e. The van der Waals surface area contributed by atoms with Gasteiger partial charge in [-0.2, -0.15) is 0 Å². The van der Waals surface area contributed by atoms with Crippen LogP contribution in [0.25, 0.3) is 0 Å². The number of rotatable bonds is 5. The van der Waals surface area contributed by atoms with E-state index in [1.54, 1.807) is 18.2 Å². The van der Waals surface area contributed by atoms with Gasteiger partial charge in [0.1, 0.15) is 24.0 Å². The highest BCUT2D eigenvalue weighted by Gasteiger charge is 2.09. The lowest BCUT2D eigenvalue weighted by Gasteiger charge is -2.12. The summed E-state index contributed by atoms with van der Waals surface area (Å²) in [6, 6.07) is 7.99. The molecular formula is C15H14F2N2O2. The van der Waals surface area contributed by atoms with Crippen LogP contribution in [0.15, 0.2) is 36.4 Å². The second-order valence-corrected chi connectivity index (χ2v) is 4.30. The molecule has 2 rings (SSSR count). The van der Waals surface area contributed by atoms with E-state index in [1.165, 1.54) is 13.2 Å². The van der Waals surface area contributed by atoms with Crippen LogP contribution in [-0.2, 0) is 6.61 Å². The van der Waals surface area contributed by atoms with E-state index in [4.69, 9.17) is 20.6 Å². The summed E-state index contributed by atoms with van der Waals surface area (Å²) in [6.07, 6.45) is 0. The number of halogens is 2. The van der Waals surface area contributed by atoms with Crippen molar-refractivity contribution in [3.8, 4) is 11.5 Å². The lowest BCUT2D eigenvalue weighted by atomic mass is 10.1. The molecule has 0 aliphatic heterocycles. The maximum absolute atomic E-state index is 13.5. The number of nitrogens with two attached hydrogens (primary N) is 1. The molecule has 3 N–H and O–H groups in total. The molecule has 0 fully saturated rings. The van der Waals surface area contributed by atoms with Crippen LogP contribution >= 0.6 is 0 Å². The van der Waals surface area contributed by atoms with E-state index in [9.17, 15) is 8.78 Å². The van der Waals surface area contributed by atoms with Gasteiger partial charge < -0.3 is 15.2 Å². The Morgan fingerprint density at radius 3 is 2.48 bits per heavy atom. The van der Waals surface area contributed by atoms with Gasteiger partial charge in [-0.3, -0.25) is 5.41 Å². The minimum atomic E-state index is -0.781. The van der Waals surface area contributed by atoms with E-state index in [-0.39, 0.29) is 18.2 Å². The van der Waals surface area contributed by atoms with Crippen molar-refractivity contribution in [3.63, 3.8) is 0 Å². The summed E-state index contributed by atoms with van der Waals surface area (Å²) in [5, 5.41) is 7.41. The SMILES string of the molecule is COc1ccc(C(=N)N)cc1COc1ccc(F)cc1F. The van der Waals surface area contributed by atoms with Gasteiger partial charge in [0, 0.05) is 17.2 Å². The molecule has 0 amide bonds. The second-order valence-electron chi connectivity index (χ2n) is 4.30. The first-order valence-corrected chi connectivity index (χ1v) is 6.10. The Balaban J connectivity index is 2.22. The second kappa shape index (κ2) is 6.21. The number of methoxy groups -OCH3 is 1. The predicted octanol–water partition coefficient (Wildman–Crippen LogP) is 2.84. The minimum Gasteiger partial charge on any atom is -0.496 e. The molecule has 0 aliphatic carbocycles. The first-order valence-electron chi connectivity index (χ1n) is 6.10. The van der Waals surface area contributed by atoms with Crippen molar-refractivity contribution in [1.82, 2.24) is 0 Å². The van der Waals surface area contributed by atoms with Gasteiger partial charge in [0.2, 0.25) is 0 Å². The molecule has 21 heavy (non-hydrogen) atoms. The predicted molar refractivity (Wildman–Crippen MR) is 74.7 cm³/mol. The summed E-state index contributed by atoms with van der Waals surface area (Å²) < 4.78 is 36.8. The zero-order valence-electron chi connectivity index (χ0n) is 11.3. The molecule has 2 aromatic rings. The first-order chi connectivity index (χ1) is 10.0. The van der Waals surface area contributed by atoms with E-state index in [2.05, 4.69) is 0 Å². The van der Waals surface area contributed by atoms with E-state index >= 15 is 0 Å². The zero-order valence-corrected chi connectivity index (χ0v) is 11.3. The fourth-order valence-electron chi connectivity index (χ4n) is 1.81. The topological polar surface area (TPSA) is 68.3 Å². The van der Waals surface area contributed by atoms with Gasteiger partial charge >= 0.3 is 0 Å². The Hall–Kier alpha value is -2.63. The minimum absolute atomic E-state index is 0.00679. The van der Waals surface area contributed by atoms with Gasteiger partial charge in [-0.15, -0.1) is 0 Å². The molecule has 0 unspecified atom stereocenters. The van der Waals surface area contributed by atoms with Gasteiger partial charge in [-0.05, 0) is 30.3 Å². The molecule has 0 saturated heterocycles. The summed E-state index contributed by atoms with van der Waals surface area (Å²) in [5.74, 6) is -1.08. The number of benzene rings is 2. The number of amidine groups is 1. The van der Waals surface area contributed by atoms with Gasteiger partial charge in [0.15, 0.2) is 11.6 Å². The average molecular weight is 292 g/mol. The van der Waals surface area contributed by atoms with Gasteiger partial charge in [-0.1, -0.05) is 0 Å². The Morgan fingerprint density at radius 1 is 1.14 bits per heavy atom. The molecule has 0 spiro atoms. The van der Waals surface area contributed by atoms with Crippen LogP contribution < -0.4 is 15.2 Å². The summed E-state index contributed by atoms with van der Waals surface area (Å²) in [5.41, 5.74) is 6.54. The smallest absolute Gasteiger partial charge is 0.167 e. The third-order valence-electron chi connectivity index (χ3n) is 2.87. The van der Waals surface area contributed by atoms with Crippen LogP contribution in [0.5, 0.6) is 11.5 Å². The molecule has 2 aromatic carbocycles. The third kappa shape index (κ3) is 3.47. The molecular weight excluding hydrogens is 278 g/mol. The normalized spacial score (nSPS) is 10.2. The Morgan fingerprint density at radius 2 is 1.86 bits per heavy atom. The molecule has 6 heteroatoms. The zero-order chi connectivity index (χ0) is 15.4. The van der Waals surface area contributed by atoms with Crippen molar-refractivity contribution < 1.29 is 18.3 Å². The van der Waals surface area contributed by atoms with E-state index in [0.717, 1.165) is 12.1 Å². The molecule has 0 heterocycles. The number of hydrogen-bond donors (Lipinski definition) is 2. The van der Waals surface area contributed by atoms with Crippen molar-refractivity contribution in [3.05, 3.63) is 59.2 Å². The van der Waals surface area contributed by atoms with Crippen molar-refractivity contribution in [2.45, 2.75) is 6.61 Å². The van der Waals surface area contributed by atoms with Crippen LogP contribution in [0.2, 0.25) is 0 Å². The number of nitrogens with one attached hydrogen (secondary N) is 1. The van der Waals surface area contributed by atoms with Crippen LogP contribution in [0.1, 0.15) is 11.1 Å². The summed E-state index contributed by atoms with van der Waals surface area (Å²) in [6.45, 7) is 0.00679. The largest absolute Gasteiger partial charge is 0.496 e. The monoisotopic (exact) mass is 292 g/mol. The summed E-state index contributed by atoms with van der Waals surface area (Å²) in [4.78, 5) is 0. The lowest BCUT2D eigenvalue weighted by Crippen LogP contribution is -2.12. The molecule has 110 valence electrons. The lowest BCUT2D eigenvalue weighted by molar-refractivity contribution is 0.282. The third-order valence-corrected chi connectivity index (χ3v) is 2.87. The first kappa shape index (κ1) is 14.8. The standard InChI is InChI=1S/C15H14F2N2O2/c1-20-13-4-2-9(15(18)19)6-10(13)8-21-14-5-3-11(16)7-12(14)17/h2-7H,8H2,1H3,(H3,18,19). The van der Waals surface area contributed by atoms with Crippen molar-refractivity contribution in [2.24, 2.45) is 5.73 Å². The summed E-state index contributed by atoms with van der Waals surface area (Å²) >= 11 is 0. The summed E-state index contributed by atoms with van der Waals surface area (Å²) in [7, 11) is 1.49. The highest BCUT2D eigenvalue weighted by molar-refractivity contribution is 5.95. The quantitative estimate of drug-likeness (QED) is 0.657. The van der Waals surface area contributed by atoms with Gasteiger partial charge in [0.05, 0.1) is 7.11 Å². The molecule has 0 aromatic heterocycles. The van der Waals surface area contributed by atoms with Crippen molar-refractivity contribution >= 4 is 5.84 Å². The Labute approximate surface area is 120 Å². The average Bonchev–Trinajstić information content (AvgIpc) is 2.46. The van der Waals surface area contributed by atoms with Gasteiger partial charge in [-0.25, -0.2) is 8.78 Å². The fourth-order valence-corrected chi connectivity index (χ4v) is 1.81. The van der Waals surface area contributed by atoms with E-state index in [0.29, 0.717) is 16.9 Å². The molecule has 0 bridgehead atoms. The number of ether oxygens (including phenoxy) is 2. The molecule has 4 nitrogen and oxygen atoms in total. The van der Waals surface area contributed by atoms with Gasteiger partial charge in [0.25, 0.3) is 0 Å². The molecule has 0 aliphatic rings. The van der Waals surface area contributed by atoms with Crippen molar-refractivity contribution in [1.29, 1.82) is 5.41 Å². The van der Waals surface area contributed by atoms with Crippen LogP contribution in [0.4, 0.5) is 8.78 Å². The van der Waals surface area contributed by atoms with Crippen LogP contribution in [0, 0.1) is 17.0 Å². The van der Waals surface area contributed by atoms with E-state index < -0.39 is 11.6 Å². The Kier molecular flexibility index (Phi) is 4.37. The van der Waals surface area contributed by atoms with Crippen molar-refractivity contribution in [2.75, 3.05) is 7.11 Å². The molecule has 0 atom stereocenters. The molecule has 0 radical (unpaired) electrons. The molecule has 0 saturated carbocycles. The number of hydrogen-bond acceptors (Lipinski definition) is 3. The van der Waals surface area contributed by atoms with Crippen LogP contribution in [0.3, 0.4) is 0 Å². The highest BCUT2D eigenvalue weighted by Crippen LogP contribution is 2.24. The fraction of sp³-hybridized carbons (Fsp3) is 0.133. The Bertz CT molecular complexity index is 675. The number of nitrogen functional groups attached to an aromatic ring is 1. The van der Waals surface area contributed by atoms with Crippen LogP contribution in [-0.4, -0.2) is 12.9 Å². The highest BCUT2D eigenvalue weighted by atomic mass is 19.1. The van der Waals surface area contributed by atoms with E-state index in [1.807, 2.05) is 0 Å².